The number of pyridine rings is 1. The van der Waals surface area contributed by atoms with Crippen LogP contribution in [-0.2, 0) is 6.18 Å². The van der Waals surface area contributed by atoms with Crippen LogP contribution in [0.25, 0.3) is 15.8 Å². The Kier molecular flexibility index (Phi) is 3.05. The van der Waals surface area contributed by atoms with Crippen LogP contribution < -0.4 is 0 Å². The van der Waals surface area contributed by atoms with Gasteiger partial charge in [0.15, 0.2) is 11.5 Å². The minimum Gasteiger partial charge on any atom is -0.294 e. The highest BCUT2D eigenvalue weighted by Crippen LogP contribution is 2.35. The number of nitrogens with zero attached hydrogens (tertiary/aromatic N) is 3. The second kappa shape index (κ2) is 4.66. The second-order valence-electron chi connectivity index (χ2n) is 4.36. The summed E-state index contributed by atoms with van der Waals surface area (Å²) in [6, 6.07) is 1.70. The molecular formula is C13H8F3N3OS. The molecule has 3 rings (SSSR count). The monoisotopic (exact) mass is 311 g/mol. The van der Waals surface area contributed by atoms with E-state index in [1.807, 2.05) is 0 Å². The van der Waals surface area contributed by atoms with Crippen LogP contribution in [0.4, 0.5) is 13.2 Å². The summed E-state index contributed by atoms with van der Waals surface area (Å²) < 4.78 is 41.3. The average Bonchev–Trinajstić information content (AvgIpc) is 3.04. The molecule has 3 heterocycles. The van der Waals surface area contributed by atoms with Gasteiger partial charge in [0.1, 0.15) is 0 Å². The summed E-state index contributed by atoms with van der Waals surface area (Å²) in [7, 11) is 0. The molecule has 3 aromatic rings. The molecular weight excluding hydrogens is 303 g/mol. The minimum atomic E-state index is -4.68. The van der Waals surface area contributed by atoms with Gasteiger partial charge in [-0.15, -0.1) is 11.3 Å². The number of carbonyl (C=O) groups is 1. The van der Waals surface area contributed by atoms with Crippen molar-refractivity contribution in [1.82, 2.24) is 14.8 Å². The Bertz CT molecular complexity index is 835. The number of thiophene rings is 1. The van der Waals surface area contributed by atoms with E-state index in [4.69, 9.17) is 0 Å². The Balaban J connectivity index is 2.33. The number of alkyl halides is 3. The third-order valence-electron chi connectivity index (χ3n) is 3.00. The van der Waals surface area contributed by atoms with E-state index >= 15 is 0 Å². The van der Waals surface area contributed by atoms with Crippen molar-refractivity contribution in [2.24, 2.45) is 0 Å². The maximum Gasteiger partial charge on any atom is 0.434 e. The average molecular weight is 311 g/mol. The molecule has 0 saturated heterocycles. The zero-order chi connectivity index (χ0) is 15.2. The molecule has 0 spiro atoms. The summed E-state index contributed by atoms with van der Waals surface area (Å²) in [5.41, 5.74) is -1.32. The Morgan fingerprint density at radius 2 is 2.05 bits per heavy atom. The van der Waals surface area contributed by atoms with Gasteiger partial charge in [0.05, 0.1) is 28.3 Å². The van der Waals surface area contributed by atoms with E-state index in [-0.39, 0.29) is 5.69 Å². The molecule has 8 heteroatoms. The summed E-state index contributed by atoms with van der Waals surface area (Å²) in [6.45, 7) is 1.08. The first kappa shape index (κ1) is 13.7. The number of carbonyl (C=O) groups excluding carboxylic acids is 1. The van der Waals surface area contributed by atoms with Crippen molar-refractivity contribution >= 4 is 27.2 Å². The third-order valence-corrected chi connectivity index (χ3v) is 3.86. The van der Waals surface area contributed by atoms with Crippen LogP contribution in [0.5, 0.6) is 0 Å². The highest BCUT2D eigenvalue weighted by Gasteiger charge is 2.40. The molecule has 0 saturated carbocycles. The first-order valence-electron chi connectivity index (χ1n) is 5.87. The fourth-order valence-corrected chi connectivity index (χ4v) is 2.88. The Morgan fingerprint density at radius 3 is 2.71 bits per heavy atom. The van der Waals surface area contributed by atoms with Crippen LogP contribution in [-0.4, -0.2) is 20.5 Å². The lowest BCUT2D eigenvalue weighted by molar-refractivity contribution is -0.143. The van der Waals surface area contributed by atoms with Gasteiger partial charge < -0.3 is 0 Å². The van der Waals surface area contributed by atoms with E-state index < -0.39 is 23.2 Å². The molecule has 0 N–H and O–H groups in total. The molecule has 3 aromatic heterocycles. The van der Waals surface area contributed by atoms with Crippen molar-refractivity contribution in [2.45, 2.75) is 13.1 Å². The Labute approximate surface area is 120 Å². The van der Waals surface area contributed by atoms with Gasteiger partial charge >= 0.3 is 6.18 Å². The van der Waals surface area contributed by atoms with Crippen molar-refractivity contribution in [1.29, 1.82) is 0 Å². The molecule has 0 atom stereocenters. The fraction of sp³-hybridized carbons (Fsp3) is 0.154. The molecule has 0 unspecified atom stereocenters. The van der Waals surface area contributed by atoms with Gasteiger partial charge in [0.25, 0.3) is 0 Å². The van der Waals surface area contributed by atoms with Gasteiger partial charge in [-0.2, -0.15) is 18.3 Å². The largest absolute Gasteiger partial charge is 0.434 e. The number of Topliss-reactive ketones (excluding diaryl/α,β-unsaturated/α-hetero) is 1. The van der Waals surface area contributed by atoms with E-state index in [1.54, 1.807) is 17.6 Å². The lowest BCUT2D eigenvalue weighted by Crippen LogP contribution is -2.17. The standard InChI is InChI=1S/C13H8F3N3OS/c1-7(20)9-4-18-19(12(9)13(14,15)16)10-5-17-6-11-8(10)2-3-21-11/h2-6H,1H3. The first-order chi connectivity index (χ1) is 9.89. The van der Waals surface area contributed by atoms with E-state index in [2.05, 4.69) is 10.1 Å². The minimum absolute atomic E-state index is 0.202. The zero-order valence-corrected chi connectivity index (χ0v) is 11.5. The molecule has 108 valence electrons. The highest BCUT2D eigenvalue weighted by molar-refractivity contribution is 7.17. The van der Waals surface area contributed by atoms with Crippen LogP contribution in [0.1, 0.15) is 23.0 Å². The summed E-state index contributed by atoms with van der Waals surface area (Å²) in [5.74, 6) is -0.681. The first-order valence-corrected chi connectivity index (χ1v) is 6.75. The predicted octanol–water partition coefficient (Wildman–Crippen LogP) is 3.70. The molecule has 0 aliphatic heterocycles. The normalized spacial score (nSPS) is 12.0. The third kappa shape index (κ3) is 2.21. The van der Waals surface area contributed by atoms with Crippen molar-refractivity contribution in [3.8, 4) is 5.69 Å². The van der Waals surface area contributed by atoms with Gasteiger partial charge in [0, 0.05) is 11.6 Å². The number of aromatic nitrogens is 3. The molecule has 21 heavy (non-hydrogen) atoms. The molecule has 0 aliphatic carbocycles. The van der Waals surface area contributed by atoms with E-state index in [1.165, 1.54) is 17.5 Å². The van der Waals surface area contributed by atoms with Crippen LogP contribution in [0.3, 0.4) is 0 Å². The van der Waals surface area contributed by atoms with Crippen molar-refractivity contribution in [2.75, 3.05) is 0 Å². The van der Waals surface area contributed by atoms with Gasteiger partial charge in [0.2, 0.25) is 0 Å². The lowest BCUT2D eigenvalue weighted by atomic mass is 10.1. The van der Waals surface area contributed by atoms with E-state index in [0.29, 0.717) is 5.39 Å². The van der Waals surface area contributed by atoms with Crippen molar-refractivity contribution in [3.05, 3.63) is 41.3 Å². The number of ketones is 1. The summed E-state index contributed by atoms with van der Waals surface area (Å²) in [5, 5.41) is 6.12. The topological polar surface area (TPSA) is 47.8 Å². The predicted molar refractivity (Wildman–Crippen MR) is 71.7 cm³/mol. The summed E-state index contributed by atoms with van der Waals surface area (Å²) >= 11 is 1.37. The molecule has 0 amide bonds. The SMILES string of the molecule is CC(=O)c1cnn(-c2cncc3sccc23)c1C(F)(F)F. The molecule has 0 bridgehead atoms. The van der Waals surface area contributed by atoms with Crippen molar-refractivity contribution < 1.29 is 18.0 Å². The quantitative estimate of drug-likeness (QED) is 0.678. The molecule has 0 aliphatic rings. The van der Waals surface area contributed by atoms with Crippen LogP contribution in [0.15, 0.2) is 30.0 Å². The van der Waals surface area contributed by atoms with Gasteiger partial charge in [-0.1, -0.05) is 0 Å². The van der Waals surface area contributed by atoms with Gasteiger partial charge in [-0.05, 0) is 18.4 Å². The number of hydrogen-bond donors (Lipinski definition) is 0. The molecule has 4 nitrogen and oxygen atoms in total. The smallest absolute Gasteiger partial charge is 0.294 e. The number of rotatable bonds is 2. The Hall–Kier alpha value is -2.22. The maximum absolute atomic E-state index is 13.3. The van der Waals surface area contributed by atoms with Crippen LogP contribution in [0.2, 0.25) is 0 Å². The highest BCUT2D eigenvalue weighted by atomic mass is 32.1. The lowest BCUT2D eigenvalue weighted by Gasteiger charge is -2.12. The zero-order valence-electron chi connectivity index (χ0n) is 10.7. The summed E-state index contributed by atoms with van der Waals surface area (Å²) in [6.07, 6.45) is -0.862. The van der Waals surface area contributed by atoms with E-state index in [0.717, 1.165) is 22.5 Å². The van der Waals surface area contributed by atoms with E-state index in [9.17, 15) is 18.0 Å². The molecule has 0 aromatic carbocycles. The number of halogens is 3. The van der Waals surface area contributed by atoms with Gasteiger partial charge in [-0.3, -0.25) is 9.78 Å². The molecule has 0 fully saturated rings. The maximum atomic E-state index is 13.3. The second-order valence-corrected chi connectivity index (χ2v) is 5.31. The Morgan fingerprint density at radius 1 is 1.29 bits per heavy atom. The van der Waals surface area contributed by atoms with Crippen LogP contribution in [0, 0.1) is 0 Å². The summed E-state index contributed by atoms with van der Waals surface area (Å²) in [4.78, 5) is 15.3. The van der Waals surface area contributed by atoms with Crippen molar-refractivity contribution in [3.63, 3.8) is 0 Å². The number of fused-ring (bicyclic) bond motifs is 1. The number of hydrogen-bond acceptors (Lipinski definition) is 4. The fourth-order valence-electron chi connectivity index (χ4n) is 2.11. The van der Waals surface area contributed by atoms with Gasteiger partial charge in [-0.25, -0.2) is 4.68 Å². The molecule has 0 radical (unpaired) electrons. The van der Waals surface area contributed by atoms with Crippen LogP contribution >= 0.6 is 11.3 Å².